The molecule has 0 amide bonds. The molecule has 7 nitrogen and oxygen atoms in total. The number of hydrogen-bond donors (Lipinski definition) is 5. The first kappa shape index (κ1) is 40.8. The summed E-state index contributed by atoms with van der Waals surface area (Å²) in [6.07, 6.45) is 2.33. The lowest BCUT2D eigenvalue weighted by Crippen LogP contribution is -2.36. The van der Waals surface area contributed by atoms with E-state index in [2.05, 4.69) is 94.1 Å². The molecule has 0 aliphatic carbocycles. The van der Waals surface area contributed by atoms with Crippen LogP contribution in [0.3, 0.4) is 0 Å². The molecule has 0 bridgehead atoms. The summed E-state index contributed by atoms with van der Waals surface area (Å²) in [4.78, 5) is 3.77. The predicted octanol–water partition coefficient (Wildman–Crippen LogP) is 5.99. The highest BCUT2D eigenvalue weighted by Gasteiger charge is 2.09. The molecule has 1 aliphatic rings. The van der Waals surface area contributed by atoms with E-state index < -0.39 is 0 Å². The summed E-state index contributed by atoms with van der Waals surface area (Å²) in [5.41, 5.74) is 3.64. The molecule has 14 heteroatoms. The summed E-state index contributed by atoms with van der Waals surface area (Å²) < 4.78 is 1.12. The Morgan fingerprint density at radius 2 is 1.51 bits per heavy atom. The smallest absolute Gasteiger partial charge is 0.148 e. The summed E-state index contributed by atoms with van der Waals surface area (Å²) in [7, 11) is 0. The van der Waals surface area contributed by atoms with Gasteiger partial charge in [-0.25, -0.2) is 0 Å². The molecule has 4 rings (SSSR count). The number of H-pyrrole nitrogens is 1. The van der Waals surface area contributed by atoms with Crippen molar-refractivity contribution in [3.63, 3.8) is 0 Å². The van der Waals surface area contributed by atoms with Crippen LogP contribution in [0.15, 0.2) is 46.3 Å². The summed E-state index contributed by atoms with van der Waals surface area (Å²) in [6.45, 7) is 10.2. The summed E-state index contributed by atoms with van der Waals surface area (Å²) >= 11 is 5.44. The Balaban J connectivity index is 0. The SMILES string of the molecule is Brc1cc(CNc2cc(-c3cccs3)[nH]n2)cc(CN2CCCNCCNCCCNCC2)c1.Cl.Cl.Cl.Cl.Cl. The fraction of sp³-hybridized carbons (Fsp3) is 0.480. The van der Waals surface area contributed by atoms with Crippen molar-refractivity contribution in [2.45, 2.75) is 25.9 Å². The topological polar surface area (TPSA) is 80.0 Å². The Kier molecular flexibility index (Phi) is 24.4. The van der Waals surface area contributed by atoms with E-state index in [0.717, 1.165) is 87.9 Å². The number of hydrogen-bond acceptors (Lipinski definition) is 7. The van der Waals surface area contributed by atoms with Crippen LogP contribution in [0.1, 0.15) is 24.0 Å². The highest BCUT2D eigenvalue weighted by Crippen LogP contribution is 2.25. The molecule has 0 unspecified atom stereocenters. The van der Waals surface area contributed by atoms with Gasteiger partial charge in [0.05, 0.1) is 10.6 Å². The predicted molar refractivity (Wildman–Crippen MR) is 183 cm³/mol. The van der Waals surface area contributed by atoms with E-state index in [-0.39, 0.29) is 62.0 Å². The van der Waals surface area contributed by atoms with Crippen LogP contribution in [0.5, 0.6) is 0 Å². The normalized spacial score (nSPS) is 15.1. The summed E-state index contributed by atoms with van der Waals surface area (Å²) in [5, 5.41) is 23.7. The average Bonchev–Trinajstić information content (AvgIpc) is 3.52. The lowest BCUT2D eigenvalue weighted by atomic mass is 10.1. The fourth-order valence-corrected chi connectivity index (χ4v) is 5.44. The van der Waals surface area contributed by atoms with Crippen molar-refractivity contribution < 1.29 is 0 Å². The van der Waals surface area contributed by atoms with E-state index in [1.54, 1.807) is 11.3 Å². The third-order valence-corrected chi connectivity index (χ3v) is 7.24. The Bertz CT molecular complexity index is 983. The Labute approximate surface area is 276 Å². The Morgan fingerprint density at radius 1 is 0.821 bits per heavy atom. The van der Waals surface area contributed by atoms with Crippen molar-refractivity contribution in [2.75, 3.05) is 57.7 Å². The van der Waals surface area contributed by atoms with Crippen LogP contribution >= 0.6 is 89.3 Å². The van der Waals surface area contributed by atoms with Gasteiger partial charge in [0.1, 0.15) is 5.82 Å². The molecule has 0 spiro atoms. The van der Waals surface area contributed by atoms with Gasteiger partial charge in [0, 0.05) is 49.8 Å². The molecule has 224 valence electrons. The lowest BCUT2D eigenvalue weighted by Gasteiger charge is -2.24. The first-order valence-corrected chi connectivity index (χ1v) is 13.9. The second-order valence-electron chi connectivity index (χ2n) is 8.70. The van der Waals surface area contributed by atoms with Crippen molar-refractivity contribution in [3.8, 4) is 10.6 Å². The molecule has 3 heterocycles. The maximum atomic E-state index is 4.42. The Morgan fingerprint density at radius 3 is 2.23 bits per heavy atom. The minimum Gasteiger partial charge on any atom is -0.365 e. The maximum absolute atomic E-state index is 4.42. The Hall–Kier alpha value is -0.300. The number of aromatic nitrogens is 2. The van der Waals surface area contributed by atoms with Crippen molar-refractivity contribution in [1.82, 2.24) is 31.0 Å². The third-order valence-electron chi connectivity index (χ3n) is 5.88. The first-order chi connectivity index (χ1) is 16.8. The van der Waals surface area contributed by atoms with Gasteiger partial charge in [-0.15, -0.1) is 73.4 Å². The number of rotatable bonds is 6. The molecule has 0 radical (unpaired) electrons. The lowest BCUT2D eigenvalue weighted by molar-refractivity contribution is 0.260. The molecule has 1 fully saturated rings. The van der Waals surface area contributed by atoms with Crippen molar-refractivity contribution in [3.05, 3.63) is 57.4 Å². The van der Waals surface area contributed by atoms with Crippen LogP contribution in [-0.4, -0.2) is 67.5 Å². The van der Waals surface area contributed by atoms with Crippen LogP contribution in [0.2, 0.25) is 0 Å². The van der Waals surface area contributed by atoms with Gasteiger partial charge in [0.2, 0.25) is 0 Å². The monoisotopic (exact) mass is 725 g/mol. The first-order valence-electron chi connectivity index (χ1n) is 12.2. The standard InChI is InChI=1S/C25H36BrN7S.5ClH/c26-22-15-20(18-30-25-17-23(31-32-25)24-4-1-13-34-24)14-21(16-22)19-33-11-3-7-28-9-8-27-5-2-6-29-10-12-33;;;;;/h1,4,13-17,27-29H,2-3,5-12,18-19H2,(H2,30,31,32);5*1H. The molecule has 3 aromatic rings. The highest BCUT2D eigenvalue weighted by atomic mass is 79.9. The van der Waals surface area contributed by atoms with Gasteiger partial charge in [-0.3, -0.25) is 10.00 Å². The molecular weight excluding hydrogens is 688 g/mol. The average molecular weight is 729 g/mol. The number of halogens is 6. The number of nitrogens with zero attached hydrogens (tertiary/aromatic N) is 2. The molecule has 1 saturated heterocycles. The van der Waals surface area contributed by atoms with Crippen LogP contribution in [-0.2, 0) is 13.1 Å². The number of anilines is 1. The maximum Gasteiger partial charge on any atom is 0.148 e. The van der Waals surface area contributed by atoms with Crippen LogP contribution < -0.4 is 21.3 Å². The van der Waals surface area contributed by atoms with E-state index in [0.29, 0.717) is 0 Å². The quantitative estimate of drug-likeness (QED) is 0.215. The number of nitrogens with one attached hydrogen (secondary N) is 5. The van der Waals surface area contributed by atoms with E-state index in [9.17, 15) is 0 Å². The minimum absolute atomic E-state index is 0. The van der Waals surface area contributed by atoms with Crippen molar-refractivity contribution in [1.29, 1.82) is 0 Å². The van der Waals surface area contributed by atoms with Gasteiger partial charge in [0.25, 0.3) is 0 Å². The molecule has 1 aromatic carbocycles. The summed E-state index contributed by atoms with van der Waals surface area (Å²) in [5.74, 6) is 0.869. The molecular formula is C25H41BrCl5N7S. The van der Waals surface area contributed by atoms with Gasteiger partial charge < -0.3 is 21.3 Å². The molecule has 0 atom stereocenters. The zero-order chi connectivity index (χ0) is 23.4. The fourth-order valence-electron chi connectivity index (χ4n) is 4.16. The molecule has 2 aromatic heterocycles. The number of benzene rings is 1. The van der Waals surface area contributed by atoms with E-state index in [1.165, 1.54) is 22.4 Å². The van der Waals surface area contributed by atoms with E-state index in [4.69, 9.17) is 0 Å². The minimum atomic E-state index is 0. The van der Waals surface area contributed by atoms with Crippen molar-refractivity contribution >= 4 is 95.1 Å². The largest absolute Gasteiger partial charge is 0.365 e. The molecule has 39 heavy (non-hydrogen) atoms. The third kappa shape index (κ3) is 14.9. The van der Waals surface area contributed by atoms with Gasteiger partial charge in [-0.05, 0) is 73.7 Å². The van der Waals surface area contributed by atoms with Gasteiger partial charge >= 0.3 is 0 Å². The molecule has 1 aliphatic heterocycles. The zero-order valence-electron chi connectivity index (χ0n) is 21.7. The van der Waals surface area contributed by atoms with Crippen LogP contribution in [0.25, 0.3) is 10.6 Å². The number of aromatic amines is 1. The van der Waals surface area contributed by atoms with Crippen molar-refractivity contribution in [2.24, 2.45) is 0 Å². The van der Waals surface area contributed by atoms with E-state index in [1.807, 2.05) is 0 Å². The molecule has 5 N–H and O–H groups in total. The van der Waals surface area contributed by atoms with Crippen LogP contribution in [0.4, 0.5) is 5.82 Å². The summed E-state index contributed by atoms with van der Waals surface area (Å²) in [6, 6.07) is 13.0. The second-order valence-corrected chi connectivity index (χ2v) is 10.6. The van der Waals surface area contributed by atoms with Gasteiger partial charge in [0.15, 0.2) is 0 Å². The second kappa shape index (κ2) is 23.3. The molecule has 0 saturated carbocycles. The van der Waals surface area contributed by atoms with Gasteiger partial charge in [-0.1, -0.05) is 28.1 Å². The zero-order valence-corrected chi connectivity index (χ0v) is 28.2. The van der Waals surface area contributed by atoms with Gasteiger partial charge in [-0.2, -0.15) is 5.10 Å². The highest BCUT2D eigenvalue weighted by molar-refractivity contribution is 9.10. The van der Waals surface area contributed by atoms with E-state index >= 15 is 0 Å². The number of thiophene rings is 1. The van der Waals surface area contributed by atoms with Crippen LogP contribution in [0, 0.1) is 0 Å².